The molecule has 0 aliphatic carbocycles. The highest BCUT2D eigenvalue weighted by Crippen LogP contribution is 2.28. The largest absolute Gasteiger partial charge is 0.495 e. The van der Waals surface area contributed by atoms with Gasteiger partial charge < -0.3 is 19.7 Å². The molecule has 1 aromatic carbocycles. The number of amides is 1. The highest BCUT2D eigenvalue weighted by Gasteiger charge is 2.23. The summed E-state index contributed by atoms with van der Waals surface area (Å²) in [6.07, 6.45) is 0. The summed E-state index contributed by atoms with van der Waals surface area (Å²) in [5.41, 5.74) is 0.802. The highest BCUT2D eigenvalue weighted by molar-refractivity contribution is 9.10. The van der Waals surface area contributed by atoms with E-state index in [4.69, 9.17) is 9.47 Å². The predicted octanol–water partition coefficient (Wildman–Crippen LogP) is 2.12. The lowest BCUT2D eigenvalue weighted by Crippen LogP contribution is -2.47. The molecule has 5 nitrogen and oxygen atoms in total. The number of morpholine rings is 1. The summed E-state index contributed by atoms with van der Waals surface area (Å²) < 4.78 is 11.5. The third kappa shape index (κ3) is 3.64. The van der Waals surface area contributed by atoms with Gasteiger partial charge in [0.05, 0.1) is 26.0 Å². The number of carbonyl (C=O) groups excluding carboxylic acids is 1. The molecule has 1 unspecified atom stereocenters. The van der Waals surface area contributed by atoms with Crippen LogP contribution in [0.2, 0.25) is 0 Å². The summed E-state index contributed by atoms with van der Waals surface area (Å²) in [6.45, 7) is 4.39. The van der Waals surface area contributed by atoms with Crippen molar-refractivity contribution in [1.29, 1.82) is 0 Å². The molecule has 1 aliphatic heterocycles. The summed E-state index contributed by atoms with van der Waals surface area (Å²) in [6, 6.07) is 5.36. The number of benzene rings is 1. The highest BCUT2D eigenvalue weighted by atomic mass is 79.9. The van der Waals surface area contributed by atoms with Crippen molar-refractivity contribution in [3.8, 4) is 5.75 Å². The molecule has 1 amide bonds. The first-order valence-corrected chi connectivity index (χ1v) is 7.37. The van der Waals surface area contributed by atoms with E-state index in [2.05, 4.69) is 21.2 Å². The van der Waals surface area contributed by atoms with E-state index < -0.39 is 0 Å². The zero-order chi connectivity index (χ0) is 14.5. The second-order valence-corrected chi connectivity index (χ2v) is 5.56. The predicted molar refractivity (Wildman–Crippen MR) is 81.2 cm³/mol. The molecule has 110 valence electrons. The normalized spacial score (nSPS) is 16.6. The van der Waals surface area contributed by atoms with Crippen molar-refractivity contribution >= 4 is 27.5 Å². The number of hydrogen-bond acceptors (Lipinski definition) is 4. The van der Waals surface area contributed by atoms with Gasteiger partial charge in [0, 0.05) is 17.6 Å². The van der Waals surface area contributed by atoms with Crippen molar-refractivity contribution in [1.82, 2.24) is 4.90 Å². The van der Waals surface area contributed by atoms with E-state index in [1.54, 1.807) is 7.11 Å². The summed E-state index contributed by atoms with van der Waals surface area (Å²) >= 11 is 3.42. The fourth-order valence-electron chi connectivity index (χ4n) is 2.15. The van der Waals surface area contributed by atoms with Gasteiger partial charge in [-0.1, -0.05) is 15.9 Å². The Labute approximate surface area is 127 Å². The Morgan fingerprint density at radius 2 is 2.15 bits per heavy atom. The Kier molecular flexibility index (Phi) is 5.25. The average Bonchev–Trinajstić information content (AvgIpc) is 2.47. The van der Waals surface area contributed by atoms with Crippen LogP contribution in [0.15, 0.2) is 22.7 Å². The third-order valence-electron chi connectivity index (χ3n) is 3.23. The Bertz CT molecular complexity index is 475. The second-order valence-electron chi connectivity index (χ2n) is 4.65. The molecular weight excluding hydrogens is 324 g/mol. The van der Waals surface area contributed by atoms with Crippen LogP contribution in [0.5, 0.6) is 5.75 Å². The molecule has 2 rings (SSSR count). The number of methoxy groups -OCH3 is 1. The lowest BCUT2D eigenvalue weighted by Gasteiger charge is -2.30. The zero-order valence-electron chi connectivity index (χ0n) is 11.7. The number of hydrogen-bond donors (Lipinski definition) is 1. The van der Waals surface area contributed by atoms with Crippen molar-refractivity contribution in [2.24, 2.45) is 0 Å². The molecule has 0 aromatic heterocycles. The first kappa shape index (κ1) is 15.1. The molecule has 0 saturated carbocycles. The molecule has 0 spiro atoms. The van der Waals surface area contributed by atoms with Crippen LogP contribution >= 0.6 is 15.9 Å². The van der Waals surface area contributed by atoms with Gasteiger partial charge in [0.2, 0.25) is 5.91 Å². The number of carbonyl (C=O) groups is 1. The van der Waals surface area contributed by atoms with E-state index in [-0.39, 0.29) is 11.9 Å². The summed E-state index contributed by atoms with van der Waals surface area (Å²) in [4.78, 5) is 14.2. The molecule has 1 N–H and O–H groups in total. The zero-order valence-corrected chi connectivity index (χ0v) is 13.3. The molecule has 1 atom stereocenters. The fourth-order valence-corrected chi connectivity index (χ4v) is 2.51. The van der Waals surface area contributed by atoms with Gasteiger partial charge >= 0.3 is 0 Å². The smallest absolute Gasteiger partial charge is 0.244 e. The molecule has 1 saturated heterocycles. The first-order valence-electron chi connectivity index (χ1n) is 6.58. The number of ether oxygens (including phenoxy) is 2. The number of anilines is 1. The minimum atomic E-state index is -0.309. The SMILES string of the molecule is COc1ccc(Br)cc1NC(C)C(=O)N1CCOCC1. The first-order chi connectivity index (χ1) is 9.61. The van der Waals surface area contributed by atoms with Gasteiger partial charge in [-0.3, -0.25) is 4.79 Å². The second kappa shape index (κ2) is 6.95. The molecule has 0 bridgehead atoms. The van der Waals surface area contributed by atoms with Gasteiger partial charge in [-0.25, -0.2) is 0 Å². The lowest BCUT2D eigenvalue weighted by molar-refractivity contribution is -0.135. The third-order valence-corrected chi connectivity index (χ3v) is 3.72. The van der Waals surface area contributed by atoms with Gasteiger partial charge in [0.25, 0.3) is 0 Å². The van der Waals surface area contributed by atoms with Crippen molar-refractivity contribution in [3.63, 3.8) is 0 Å². The fraction of sp³-hybridized carbons (Fsp3) is 0.500. The number of nitrogens with zero attached hydrogens (tertiary/aromatic N) is 1. The Morgan fingerprint density at radius 1 is 1.45 bits per heavy atom. The monoisotopic (exact) mass is 342 g/mol. The van der Waals surface area contributed by atoms with Crippen LogP contribution in [-0.4, -0.2) is 50.3 Å². The van der Waals surface area contributed by atoms with E-state index >= 15 is 0 Å². The van der Waals surface area contributed by atoms with E-state index in [0.717, 1.165) is 15.9 Å². The van der Waals surface area contributed by atoms with Crippen molar-refractivity contribution in [2.75, 3.05) is 38.7 Å². The molecule has 20 heavy (non-hydrogen) atoms. The van der Waals surface area contributed by atoms with E-state index in [1.165, 1.54) is 0 Å². The van der Waals surface area contributed by atoms with Crippen molar-refractivity contribution in [3.05, 3.63) is 22.7 Å². The summed E-state index contributed by atoms with van der Waals surface area (Å²) in [7, 11) is 1.61. The van der Waals surface area contributed by atoms with Crippen LogP contribution in [-0.2, 0) is 9.53 Å². The van der Waals surface area contributed by atoms with Crippen molar-refractivity contribution < 1.29 is 14.3 Å². The maximum absolute atomic E-state index is 12.3. The molecule has 1 fully saturated rings. The number of rotatable bonds is 4. The maximum Gasteiger partial charge on any atom is 0.244 e. The quantitative estimate of drug-likeness (QED) is 0.910. The van der Waals surface area contributed by atoms with Gasteiger partial charge in [-0.05, 0) is 25.1 Å². The lowest BCUT2D eigenvalue weighted by atomic mass is 10.2. The Morgan fingerprint density at radius 3 is 2.80 bits per heavy atom. The molecule has 1 aliphatic rings. The van der Waals surface area contributed by atoms with E-state index in [9.17, 15) is 4.79 Å². The minimum absolute atomic E-state index is 0.0790. The van der Waals surface area contributed by atoms with Gasteiger partial charge in [-0.2, -0.15) is 0 Å². The minimum Gasteiger partial charge on any atom is -0.495 e. The maximum atomic E-state index is 12.3. The average molecular weight is 343 g/mol. The van der Waals surface area contributed by atoms with Crippen LogP contribution in [0.1, 0.15) is 6.92 Å². The molecule has 6 heteroatoms. The van der Waals surface area contributed by atoms with Crippen LogP contribution in [0, 0.1) is 0 Å². The molecule has 0 radical (unpaired) electrons. The standard InChI is InChI=1S/C14H19BrN2O3/c1-10(14(18)17-5-7-20-8-6-17)16-12-9-11(15)3-4-13(12)19-2/h3-4,9-10,16H,5-8H2,1-2H3. The number of nitrogens with one attached hydrogen (secondary N) is 1. The summed E-state index contributed by atoms with van der Waals surface area (Å²) in [5, 5.41) is 3.21. The van der Waals surface area contributed by atoms with Gasteiger partial charge in [0.1, 0.15) is 11.8 Å². The van der Waals surface area contributed by atoms with E-state index in [1.807, 2.05) is 30.0 Å². The Hall–Kier alpha value is -1.27. The Balaban J connectivity index is 2.04. The van der Waals surface area contributed by atoms with E-state index in [0.29, 0.717) is 26.3 Å². The van der Waals surface area contributed by atoms with Crippen LogP contribution in [0.25, 0.3) is 0 Å². The summed E-state index contributed by atoms with van der Waals surface area (Å²) in [5.74, 6) is 0.796. The molecular formula is C14H19BrN2O3. The molecule has 1 heterocycles. The number of halogens is 1. The molecule has 1 aromatic rings. The topological polar surface area (TPSA) is 50.8 Å². The van der Waals surface area contributed by atoms with Gasteiger partial charge in [-0.15, -0.1) is 0 Å². The van der Waals surface area contributed by atoms with Crippen LogP contribution < -0.4 is 10.1 Å². The van der Waals surface area contributed by atoms with Crippen LogP contribution in [0.4, 0.5) is 5.69 Å². The van der Waals surface area contributed by atoms with Crippen molar-refractivity contribution in [2.45, 2.75) is 13.0 Å². The van der Waals surface area contributed by atoms with Gasteiger partial charge in [0.15, 0.2) is 0 Å². The van der Waals surface area contributed by atoms with Crippen LogP contribution in [0.3, 0.4) is 0 Å².